The third-order valence-electron chi connectivity index (χ3n) is 3.33. The van der Waals surface area contributed by atoms with Gasteiger partial charge in [0.2, 0.25) is 5.95 Å². The van der Waals surface area contributed by atoms with E-state index >= 15 is 0 Å². The minimum Gasteiger partial charge on any atom is -0.300 e. The Hall–Kier alpha value is -2.82. The van der Waals surface area contributed by atoms with Crippen molar-refractivity contribution in [3.8, 4) is 5.82 Å². The zero-order valence-electron chi connectivity index (χ0n) is 10.4. The summed E-state index contributed by atoms with van der Waals surface area (Å²) in [6.45, 7) is 0. The van der Waals surface area contributed by atoms with E-state index in [1.807, 2.05) is 22.9 Å². The third-order valence-corrected chi connectivity index (χ3v) is 3.33. The molecule has 4 aromatic rings. The fraction of sp³-hybridized carbons (Fsp3) is 0. The molecular weight excluding hydrogens is 255 g/mol. The van der Waals surface area contributed by atoms with Gasteiger partial charge in [0.1, 0.15) is 5.82 Å². The van der Waals surface area contributed by atoms with E-state index in [1.54, 1.807) is 30.7 Å². The average Bonchev–Trinajstić information content (AvgIpc) is 2.91. The van der Waals surface area contributed by atoms with Crippen LogP contribution >= 0.6 is 0 Å². The van der Waals surface area contributed by atoms with Crippen LogP contribution in [-0.4, -0.2) is 19.5 Å². The van der Waals surface area contributed by atoms with Crippen molar-refractivity contribution in [2.24, 2.45) is 0 Å². The Morgan fingerprint density at radius 2 is 1.85 bits per heavy atom. The molecule has 4 nitrogen and oxygen atoms in total. The molecule has 0 aliphatic carbocycles. The van der Waals surface area contributed by atoms with Gasteiger partial charge in [-0.1, -0.05) is 0 Å². The summed E-state index contributed by atoms with van der Waals surface area (Å²) in [5, 5.41) is 2.26. The maximum absolute atomic E-state index is 13.8. The first kappa shape index (κ1) is 11.0. The Morgan fingerprint density at radius 1 is 0.950 bits per heavy atom. The maximum Gasteiger partial charge on any atom is 0.220 e. The highest BCUT2D eigenvalue weighted by Crippen LogP contribution is 2.22. The maximum atomic E-state index is 13.8. The Bertz CT molecular complexity index is 929. The van der Waals surface area contributed by atoms with Gasteiger partial charge >= 0.3 is 0 Å². The lowest BCUT2D eigenvalue weighted by Gasteiger charge is -2.06. The first-order chi connectivity index (χ1) is 9.83. The van der Waals surface area contributed by atoms with Crippen LogP contribution in [0.5, 0.6) is 0 Å². The first-order valence-corrected chi connectivity index (χ1v) is 6.15. The summed E-state index contributed by atoms with van der Waals surface area (Å²) in [4.78, 5) is 12.2. The fourth-order valence-electron chi connectivity index (χ4n) is 2.32. The SMILES string of the molecule is Fc1nccc2cnc(-n3ccc4ccncc43)cc12. The molecule has 0 unspecified atom stereocenters. The molecule has 0 bridgehead atoms. The van der Waals surface area contributed by atoms with Crippen molar-refractivity contribution in [1.82, 2.24) is 19.5 Å². The number of fused-ring (bicyclic) bond motifs is 2. The lowest BCUT2D eigenvalue weighted by molar-refractivity contribution is 0.596. The van der Waals surface area contributed by atoms with Crippen LogP contribution in [-0.2, 0) is 0 Å². The average molecular weight is 264 g/mol. The predicted molar refractivity (Wildman–Crippen MR) is 74.1 cm³/mol. The Balaban J connectivity index is 2.00. The molecule has 0 aliphatic rings. The van der Waals surface area contributed by atoms with Crippen LogP contribution in [0, 0.1) is 5.95 Å². The molecule has 0 radical (unpaired) electrons. The lowest BCUT2D eigenvalue weighted by Crippen LogP contribution is -1.97. The summed E-state index contributed by atoms with van der Waals surface area (Å²) < 4.78 is 15.6. The molecule has 20 heavy (non-hydrogen) atoms. The van der Waals surface area contributed by atoms with Gasteiger partial charge in [0, 0.05) is 40.9 Å². The minimum atomic E-state index is -0.485. The molecule has 0 amide bonds. The topological polar surface area (TPSA) is 43.6 Å². The van der Waals surface area contributed by atoms with E-state index in [1.165, 1.54) is 6.20 Å². The second-order valence-electron chi connectivity index (χ2n) is 4.49. The van der Waals surface area contributed by atoms with Crippen molar-refractivity contribution in [3.63, 3.8) is 0 Å². The Morgan fingerprint density at radius 3 is 2.80 bits per heavy atom. The largest absolute Gasteiger partial charge is 0.300 e. The molecule has 0 aromatic carbocycles. The van der Waals surface area contributed by atoms with E-state index in [4.69, 9.17) is 0 Å². The molecule has 0 saturated carbocycles. The number of rotatable bonds is 1. The fourth-order valence-corrected chi connectivity index (χ4v) is 2.32. The zero-order valence-corrected chi connectivity index (χ0v) is 10.4. The van der Waals surface area contributed by atoms with Gasteiger partial charge in [0.25, 0.3) is 0 Å². The summed E-state index contributed by atoms with van der Waals surface area (Å²) >= 11 is 0. The molecule has 4 heterocycles. The van der Waals surface area contributed by atoms with Crippen molar-refractivity contribution >= 4 is 21.7 Å². The first-order valence-electron chi connectivity index (χ1n) is 6.15. The van der Waals surface area contributed by atoms with Crippen LogP contribution in [0.15, 0.2) is 55.2 Å². The van der Waals surface area contributed by atoms with Crippen molar-refractivity contribution in [3.05, 3.63) is 61.2 Å². The van der Waals surface area contributed by atoms with Crippen LogP contribution in [0.2, 0.25) is 0 Å². The van der Waals surface area contributed by atoms with Gasteiger partial charge in [-0.2, -0.15) is 4.39 Å². The minimum absolute atomic E-state index is 0.461. The zero-order chi connectivity index (χ0) is 13.5. The molecule has 4 aromatic heterocycles. The van der Waals surface area contributed by atoms with Gasteiger partial charge in [0.15, 0.2) is 0 Å². The second kappa shape index (κ2) is 4.09. The second-order valence-corrected chi connectivity index (χ2v) is 4.49. The van der Waals surface area contributed by atoms with E-state index in [0.29, 0.717) is 11.2 Å². The summed E-state index contributed by atoms with van der Waals surface area (Å²) in [6, 6.07) is 7.34. The molecule has 0 fully saturated rings. The lowest BCUT2D eigenvalue weighted by atomic mass is 10.2. The van der Waals surface area contributed by atoms with Crippen LogP contribution in [0.25, 0.3) is 27.5 Å². The highest BCUT2D eigenvalue weighted by molar-refractivity contribution is 5.84. The van der Waals surface area contributed by atoms with Gasteiger partial charge in [-0.05, 0) is 24.3 Å². The molecule has 0 N–H and O–H groups in total. The normalized spacial score (nSPS) is 11.2. The molecule has 0 atom stereocenters. The standard InChI is InChI=1S/C15H9FN4/c16-15-12-7-14(19-8-11(12)2-5-18-15)20-6-3-10-1-4-17-9-13(10)20/h1-9H. The van der Waals surface area contributed by atoms with Gasteiger partial charge in [-0.25, -0.2) is 9.97 Å². The molecule has 4 rings (SSSR count). The van der Waals surface area contributed by atoms with Crippen molar-refractivity contribution in [2.45, 2.75) is 0 Å². The number of pyridine rings is 3. The van der Waals surface area contributed by atoms with Crippen LogP contribution in [0.3, 0.4) is 0 Å². The summed E-state index contributed by atoms with van der Waals surface area (Å²) in [5.41, 5.74) is 0.934. The monoisotopic (exact) mass is 264 g/mol. The molecule has 0 saturated heterocycles. The van der Waals surface area contributed by atoms with Crippen LogP contribution in [0.1, 0.15) is 0 Å². The van der Waals surface area contributed by atoms with E-state index in [2.05, 4.69) is 15.0 Å². The summed E-state index contributed by atoms with van der Waals surface area (Å²) in [6.07, 6.45) is 8.49. The van der Waals surface area contributed by atoms with E-state index in [9.17, 15) is 4.39 Å². The number of hydrogen-bond donors (Lipinski definition) is 0. The van der Waals surface area contributed by atoms with Crippen LogP contribution < -0.4 is 0 Å². The van der Waals surface area contributed by atoms with Crippen molar-refractivity contribution < 1.29 is 4.39 Å². The molecule has 5 heteroatoms. The molecule has 96 valence electrons. The van der Waals surface area contributed by atoms with E-state index in [-0.39, 0.29) is 0 Å². The number of nitrogens with zero attached hydrogens (tertiary/aromatic N) is 4. The molecular formula is C15H9FN4. The molecule has 0 aliphatic heterocycles. The quantitative estimate of drug-likeness (QED) is 0.496. The predicted octanol–water partition coefficient (Wildman–Crippen LogP) is 3.11. The van der Waals surface area contributed by atoms with Crippen LogP contribution in [0.4, 0.5) is 4.39 Å². The van der Waals surface area contributed by atoms with E-state index in [0.717, 1.165) is 16.3 Å². The van der Waals surface area contributed by atoms with Crippen molar-refractivity contribution in [1.29, 1.82) is 0 Å². The number of hydrogen-bond acceptors (Lipinski definition) is 3. The summed E-state index contributed by atoms with van der Waals surface area (Å²) in [5.74, 6) is 0.160. The Kier molecular flexibility index (Phi) is 2.26. The van der Waals surface area contributed by atoms with E-state index < -0.39 is 5.95 Å². The highest BCUT2D eigenvalue weighted by Gasteiger charge is 2.07. The van der Waals surface area contributed by atoms with Gasteiger partial charge in [-0.3, -0.25) is 9.55 Å². The highest BCUT2D eigenvalue weighted by atomic mass is 19.1. The molecule has 0 spiro atoms. The van der Waals surface area contributed by atoms with Gasteiger partial charge in [-0.15, -0.1) is 0 Å². The summed E-state index contributed by atoms with van der Waals surface area (Å²) in [7, 11) is 0. The smallest absolute Gasteiger partial charge is 0.220 e. The Labute approximate surface area is 113 Å². The van der Waals surface area contributed by atoms with Gasteiger partial charge < -0.3 is 0 Å². The van der Waals surface area contributed by atoms with Gasteiger partial charge in [0.05, 0.1) is 11.7 Å². The van der Waals surface area contributed by atoms with Crippen molar-refractivity contribution in [2.75, 3.05) is 0 Å². The number of halogens is 1. The number of aromatic nitrogens is 4. The third kappa shape index (κ3) is 1.56.